The van der Waals surface area contributed by atoms with Crippen molar-refractivity contribution in [1.82, 2.24) is 0 Å². The van der Waals surface area contributed by atoms with Crippen LogP contribution in [0.2, 0.25) is 6.04 Å². The molecule has 0 aliphatic carbocycles. The predicted molar refractivity (Wildman–Crippen MR) is 57.5 cm³/mol. The third-order valence-electron chi connectivity index (χ3n) is 2.04. The van der Waals surface area contributed by atoms with Crippen molar-refractivity contribution in [2.75, 3.05) is 27.9 Å². The Hall–Kier alpha value is -0.433. The Morgan fingerprint density at radius 2 is 1.67 bits per heavy atom. The molecule has 0 spiro atoms. The summed E-state index contributed by atoms with van der Waals surface area (Å²) >= 11 is 0. The highest BCUT2D eigenvalue weighted by Crippen LogP contribution is 2.15. The van der Waals surface area contributed by atoms with E-state index in [0.29, 0.717) is 12.7 Å². The van der Waals surface area contributed by atoms with Crippen LogP contribution in [-0.2, 0) is 22.8 Å². The Kier molecular flexibility index (Phi) is 7.58. The van der Waals surface area contributed by atoms with Gasteiger partial charge in [-0.3, -0.25) is 4.79 Å². The molecule has 0 aliphatic rings. The van der Waals surface area contributed by atoms with Crippen LogP contribution in [-0.4, -0.2) is 42.7 Å². The van der Waals surface area contributed by atoms with Crippen LogP contribution in [0, 0.1) is 0 Å². The fraction of sp³-hybridized carbons (Fsp3) is 0.889. The first kappa shape index (κ1) is 14.6. The maximum absolute atomic E-state index is 11.2. The number of rotatable bonds is 8. The first-order valence-corrected chi connectivity index (χ1v) is 6.88. The maximum Gasteiger partial charge on any atom is 0.500 e. The van der Waals surface area contributed by atoms with Gasteiger partial charge < -0.3 is 18.0 Å². The predicted octanol–water partition coefficient (Wildman–Crippen LogP) is 1.21. The number of hydrogen-bond donors (Lipinski definition) is 0. The summed E-state index contributed by atoms with van der Waals surface area (Å²) in [5.41, 5.74) is 0. The molecule has 0 aromatic heterocycles. The minimum atomic E-state index is -2.62. The zero-order valence-electron chi connectivity index (χ0n) is 9.87. The van der Waals surface area contributed by atoms with Crippen LogP contribution >= 0.6 is 0 Å². The molecular weight excluding hydrogens is 216 g/mol. The Bertz CT molecular complexity index is 173. The van der Waals surface area contributed by atoms with E-state index in [1.165, 1.54) is 21.3 Å². The van der Waals surface area contributed by atoms with Crippen molar-refractivity contribution >= 4 is 14.8 Å². The lowest BCUT2D eigenvalue weighted by molar-refractivity contribution is -0.143. The van der Waals surface area contributed by atoms with E-state index >= 15 is 0 Å². The molecule has 0 N–H and O–H groups in total. The number of esters is 1. The van der Waals surface area contributed by atoms with Gasteiger partial charge in [-0.05, 0) is 6.42 Å². The van der Waals surface area contributed by atoms with Crippen molar-refractivity contribution in [3.63, 3.8) is 0 Å². The molecule has 6 heteroatoms. The molecule has 5 nitrogen and oxygen atoms in total. The van der Waals surface area contributed by atoms with E-state index in [-0.39, 0.29) is 12.4 Å². The average Bonchev–Trinajstić information content (AvgIpc) is 2.29. The number of carbonyl (C=O) groups is 1. The Labute approximate surface area is 92.0 Å². The summed E-state index contributed by atoms with van der Waals surface area (Å²) in [6.07, 6.45) is 1.09. The largest absolute Gasteiger partial charge is 0.500 e. The van der Waals surface area contributed by atoms with Gasteiger partial charge in [0.1, 0.15) is 0 Å². The molecule has 0 rings (SSSR count). The van der Waals surface area contributed by atoms with Crippen LogP contribution < -0.4 is 0 Å². The number of carbonyl (C=O) groups excluding carboxylic acids is 1. The Morgan fingerprint density at radius 1 is 1.13 bits per heavy atom. The van der Waals surface area contributed by atoms with Crippen LogP contribution in [0.5, 0.6) is 0 Å². The van der Waals surface area contributed by atoms with Gasteiger partial charge in [-0.2, -0.15) is 0 Å². The topological polar surface area (TPSA) is 54.0 Å². The molecule has 0 radical (unpaired) electrons. The molecule has 0 heterocycles. The summed E-state index contributed by atoms with van der Waals surface area (Å²) in [5.74, 6) is -0.236. The van der Waals surface area contributed by atoms with Crippen LogP contribution in [0.3, 0.4) is 0 Å². The van der Waals surface area contributed by atoms with E-state index in [4.69, 9.17) is 18.0 Å². The van der Waals surface area contributed by atoms with Crippen LogP contribution in [0.1, 0.15) is 19.8 Å². The molecule has 0 atom stereocenters. The van der Waals surface area contributed by atoms with Crippen LogP contribution in [0.15, 0.2) is 0 Å². The third kappa shape index (κ3) is 5.27. The van der Waals surface area contributed by atoms with Crippen LogP contribution in [0.25, 0.3) is 0 Å². The van der Waals surface area contributed by atoms with E-state index in [0.717, 1.165) is 6.42 Å². The second kappa shape index (κ2) is 7.81. The first-order valence-electron chi connectivity index (χ1n) is 4.95. The lowest BCUT2D eigenvalue weighted by Crippen LogP contribution is -2.43. The molecule has 90 valence electrons. The molecule has 0 saturated carbocycles. The average molecular weight is 236 g/mol. The SMILES string of the molecule is CCCOC(=O)CC[Si](OC)(OC)OC. The molecule has 0 bridgehead atoms. The summed E-state index contributed by atoms with van der Waals surface area (Å²) in [6.45, 7) is 2.41. The molecule has 0 unspecified atom stereocenters. The second-order valence-electron chi connectivity index (χ2n) is 3.02. The second-order valence-corrected chi connectivity index (χ2v) is 6.11. The van der Waals surface area contributed by atoms with Crippen molar-refractivity contribution in [3.05, 3.63) is 0 Å². The summed E-state index contributed by atoms with van der Waals surface area (Å²) in [7, 11) is 1.95. The lowest BCUT2D eigenvalue weighted by Gasteiger charge is -2.23. The maximum atomic E-state index is 11.2. The summed E-state index contributed by atoms with van der Waals surface area (Å²) in [6, 6.07) is 0.443. The molecule has 0 aromatic carbocycles. The molecule has 0 saturated heterocycles. The molecule has 0 fully saturated rings. The van der Waals surface area contributed by atoms with Gasteiger partial charge in [-0.1, -0.05) is 6.92 Å². The van der Waals surface area contributed by atoms with Gasteiger partial charge in [-0.25, -0.2) is 0 Å². The Morgan fingerprint density at radius 3 is 2.07 bits per heavy atom. The summed E-state index contributed by atoms with van der Waals surface area (Å²) < 4.78 is 20.5. The van der Waals surface area contributed by atoms with E-state index in [9.17, 15) is 4.79 Å². The normalized spacial score (nSPS) is 11.5. The smallest absolute Gasteiger partial charge is 0.466 e. The van der Waals surface area contributed by atoms with E-state index in [1.807, 2.05) is 6.92 Å². The first-order chi connectivity index (χ1) is 7.14. The number of hydrogen-bond acceptors (Lipinski definition) is 5. The van der Waals surface area contributed by atoms with Crippen molar-refractivity contribution in [1.29, 1.82) is 0 Å². The minimum Gasteiger partial charge on any atom is -0.466 e. The third-order valence-corrected chi connectivity index (χ3v) is 4.76. The van der Waals surface area contributed by atoms with Gasteiger partial charge in [0, 0.05) is 33.8 Å². The lowest BCUT2D eigenvalue weighted by atomic mass is 10.5. The van der Waals surface area contributed by atoms with E-state index in [2.05, 4.69) is 0 Å². The molecular formula is C9H20O5Si. The van der Waals surface area contributed by atoms with Gasteiger partial charge in [0.05, 0.1) is 6.61 Å². The highest BCUT2D eigenvalue weighted by Gasteiger charge is 2.38. The minimum absolute atomic E-state index is 0.236. The summed E-state index contributed by atoms with van der Waals surface area (Å²) in [5, 5.41) is 0. The van der Waals surface area contributed by atoms with Gasteiger partial charge in [0.15, 0.2) is 0 Å². The van der Waals surface area contributed by atoms with E-state index < -0.39 is 8.80 Å². The molecule has 0 amide bonds. The fourth-order valence-electron chi connectivity index (χ4n) is 1.10. The highest BCUT2D eigenvalue weighted by molar-refractivity contribution is 6.60. The molecule has 15 heavy (non-hydrogen) atoms. The molecule has 0 aliphatic heterocycles. The fourth-order valence-corrected chi connectivity index (χ4v) is 2.72. The van der Waals surface area contributed by atoms with Crippen molar-refractivity contribution in [2.45, 2.75) is 25.8 Å². The van der Waals surface area contributed by atoms with Crippen molar-refractivity contribution in [2.24, 2.45) is 0 Å². The van der Waals surface area contributed by atoms with Gasteiger partial charge in [-0.15, -0.1) is 0 Å². The van der Waals surface area contributed by atoms with Crippen molar-refractivity contribution < 1.29 is 22.8 Å². The zero-order chi connectivity index (χ0) is 11.7. The Balaban J connectivity index is 3.93. The monoisotopic (exact) mass is 236 g/mol. The van der Waals surface area contributed by atoms with Crippen molar-refractivity contribution in [3.8, 4) is 0 Å². The zero-order valence-corrected chi connectivity index (χ0v) is 10.9. The van der Waals surface area contributed by atoms with E-state index in [1.54, 1.807) is 0 Å². The standard InChI is InChI=1S/C9H20O5Si/c1-5-7-14-9(10)6-8-15(11-2,12-3)13-4/h5-8H2,1-4H3. The van der Waals surface area contributed by atoms with Gasteiger partial charge in [0.2, 0.25) is 0 Å². The summed E-state index contributed by atoms with van der Waals surface area (Å²) in [4.78, 5) is 11.2. The highest BCUT2D eigenvalue weighted by atomic mass is 28.4. The molecule has 0 aromatic rings. The van der Waals surface area contributed by atoms with Gasteiger partial charge in [0.25, 0.3) is 0 Å². The number of ether oxygens (including phenoxy) is 1. The van der Waals surface area contributed by atoms with Gasteiger partial charge >= 0.3 is 14.8 Å². The quantitative estimate of drug-likeness (QED) is 0.468. The van der Waals surface area contributed by atoms with Crippen LogP contribution in [0.4, 0.5) is 0 Å².